The molecule has 0 radical (unpaired) electrons. The van der Waals surface area contributed by atoms with Gasteiger partial charge in [-0.2, -0.15) is 0 Å². The second-order valence-electron chi connectivity index (χ2n) is 6.14. The first-order valence-electron chi connectivity index (χ1n) is 8.42. The zero-order chi connectivity index (χ0) is 16.6. The van der Waals surface area contributed by atoms with Crippen molar-refractivity contribution in [3.63, 3.8) is 0 Å². The van der Waals surface area contributed by atoms with Crippen LogP contribution in [0.15, 0.2) is 48.8 Å². The number of rotatable bonds is 7. The van der Waals surface area contributed by atoms with E-state index in [1.165, 1.54) is 0 Å². The molecule has 24 heavy (non-hydrogen) atoms. The van der Waals surface area contributed by atoms with Crippen LogP contribution in [0.4, 0.5) is 0 Å². The highest BCUT2D eigenvalue weighted by Crippen LogP contribution is 2.19. The minimum atomic E-state index is 0.257. The van der Waals surface area contributed by atoms with Crippen LogP contribution in [0.5, 0.6) is 5.75 Å². The monoisotopic (exact) mass is 327 g/mol. The minimum absolute atomic E-state index is 0.257. The van der Waals surface area contributed by atoms with Crippen LogP contribution in [-0.4, -0.2) is 49.3 Å². The Labute approximate surface area is 143 Å². The van der Waals surface area contributed by atoms with Crippen molar-refractivity contribution in [2.45, 2.75) is 19.3 Å². The highest BCUT2D eigenvalue weighted by atomic mass is 16.5. The van der Waals surface area contributed by atoms with Crippen molar-refractivity contribution in [1.29, 1.82) is 0 Å². The molecule has 5 nitrogen and oxygen atoms in total. The first-order valence-corrected chi connectivity index (χ1v) is 8.42. The van der Waals surface area contributed by atoms with E-state index >= 15 is 0 Å². The molecule has 128 valence electrons. The third-order valence-corrected chi connectivity index (χ3v) is 4.12. The molecule has 1 N–H and O–H groups in total. The molecule has 1 fully saturated rings. The summed E-state index contributed by atoms with van der Waals surface area (Å²) < 4.78 is 11.7. The van der Waals surface area contributed by atoms with Crippen LogP contribution in [0.1, 0.15) is 11.1 Å². The molecule has 1 aromatic carbocycles. The quantitative estimate of drug-likeness (QED) is 0.844. The number of pyridine rings is 1. The predicted octanol–water partition coefficient (Wildman–Crippen LogP) is 2.08. The summed E-state index contributed by atoms with van der Waals surface area (Å²) in [6, 6.07) is 12.1. The van der Waals surface area contributed by atoms with Gasteiger partial charge in [0.1, 0.15) is 12.4 Å². The van der Waals surface area contributed by atoms with E-state index in [0.29, 0.717) is 6.61 Å². The molecule has 0 unspecified atom stereocenters. The summed E-state index contributed by atoms with van der Waals surface area (Å²) in [4.78, 5) is 6.42. The normalized spacial score (nSPS) is 18.5. The van der Waals surface area contributed by atoms with Gasteiger partial charge in [-0.3, -0.25) is 4.98 Å². The van der Waals surface area contributed by atoms with Crippen LogP contribution in [0.2, 0.25) is 0 Å². The molecule has 0 saturated carbocycles. The lowest BCUT2D eigenvalue weighted by molar-refractivity contribution is -0.0182. The summed E-state index contributed by atoms with van der Waals surface area (Å²) in [5.41, 5.74) is 2.23. The molecule has 0 aliphatic carbocycles. The molecule has 1 saturated heterocycles. The standard InChI is InChI=1S/C19H25N3O2/c1-22-9-10-23-18(14-22)13-21-12-17-6-2-3-7-19(17)24-15-16-5-4-8-20-11-16/h2-8,11,18,21H,9-10,12-15H2,1H3/t18-/m1/s1. The number of nitrogens with one attached hydrogen (secondary N) is 1. The number of ether oxygens (including phenoxy) is 2. The second-order valence-corrected chi connectivity index (χ2v) is 6.14. The van der Waals surface area contributed by atoms with Gasteiger partial charge in [0.05, 0.1) is 12.7 Å². The third kappa shape index (κ3) is 5.03. The van der Waals surface area contributed by atoms with Gasteiger partial charge in [0.15, 0.2) is 0 Å². The second kappa shape index (κ2) is 8.78. The molecule has 1 atom stereocenters. The average Bonchev–Trinajstić information content (AvgIpc) is 2.62. The van der Waals surface area contributed by atoms with Crippen LogP contribution in [0.25, 0.3) is 0 Å². The van der Waals surface area contributed by atoms with Gasteiger partial charge in [0.2, 0.25) is 0 Å². The molecule has 1 aliphatic heterocycles. The third-order valence-electron chi connectivity index (χ3n) is 4.12. The van der Waals surface area contributed by atoms with E-state index in [9.17, 15) is 0 Å². The van der Waals surface area contributed by atoms with E-state index < -0.39 is 0 Å². The van der Waals surface area contributed by atoms with Crippen molar-refractivity contribution in [3.05, 3.63) is 59.9 Å². The fourth-order valence-electron chi connectivity index (χ4n) is 2.79. The Morgan fingerprint density at radius 1 is 1.29 bits per heavy atom. The van der Waals surface area contributed by atoms with Crippen molar-refractivity contribution in [3.8, 4) is 5.75 Å². The summed E-state index contributed by atoms with van der Waals surface area (Å²) >= 11 is 0. The molecule has 2 aromatic rings. The SMILES string of the molecule is CN1CCO[C@H](CNCc2ccccc2OCc2cccnc2)C1. The number of benzene rings is 1. The first kappa shape index (κ1) is 16.9. The Hall–Kier alpha value is -1.95. The number of likely N-dealkylation sites (N-methyl/N-ethyl adjacent to an activating group) is 1. The molecule has 0 bridgehead atoms. The fraction of sp³-hybridized carbons (Fsp3) is 0.421. The van der Waals surface area contributed by atoms with Gasteiger partial charge in [-0.05, 0) is 19.2 Å². The van der Waals surface area contributed by atoms with Crippen LogP contribution in [-0.2, 0) is 17.9 Å². The van der Waals surface area contributed by atoms with E-state index in [4.69, 9.17) is 9.47 Å². The van der Waals surface area contributed by atoms with Gasteiger partial charge in [0.25, 0.3) is 0 Å². The summed E-state index contributed by atoms with van der Waals surface area (Å²) in [6.45, 7) is 4.96. The molecule has 0 amide bonds. The summed E-state index contributed by atoms with van der Waals surface area (Å²) in [5, 5.41) is 3.49. The molecular weight excluding hydrogens is 302 g/mol. The Morgan fingerprint density at radius 2 is 2.21 bits per heavy atom. The number of hydrogen-bond donors (Lipinski definition) is 1. The van der Waals surface area contributed by atoms with E-state index in [1.807, 2.05) is 36.5 Å². The first-order chi connectivity index (χ1) is 11.8. The number of hydrogen-bond acceptors (Lipinski definition) is 5. The highest BCUT2D eigenvalue weighted by molar-refractivity contribution is 5.33. The summed E-state index contributed by atoms with van der Waals surface area (Å²) in [6.07, 6.45) is 3.86. The van der Waals surface area contributed by atoms with Gasteiger partial charge >= 0.3 is 0 Å². The van der Waals surface area contributed by atoms with Gasteiger partial charge in [-0.25, -0.2) is 0 Å². The molecule has 0 spiro atoms. The van der Waals surface area contributed by atoms with Crippen LogP contribution < -0.4 is 10.1 Å². The molecule has 1 aromatic heterocycles. The molecular formula is C19H25N3O2. The molecule has 2 heterocycles. The van der Waals surface area contributed by atoms with Crippen LogP contribution in [0.3, 0.4) is 0 Å². The van der Waals surface area contributed by atoms with E-state index in [0.717, 1.165) is 49.7 Å². The topological polar surface area (TPSA) is 46.6 Å². The Morgan fingerprint density at radius 3 is 3.04 bits per heavy atom. The minimum Gasteiger partial charge on any atom is -0.489 e. The number of morpholine rings is 1. The van der Waals surface area contributed by atoms with E-state index in [-0.39, 0.29) is 6.10 Å². The maximum atomic E-state index is 5.96. The Balaban J connectivity index is 1.50. The smallest absolute Gasteiger partial charge is 0.124 e. The fourth-order valence-corrected chi connectivity index (χ4v) is 2.79. The van der Waals surface area contributed by atoms with E-state index in [2.05, 4.69) is 28.3 Å². The maximum absolute atomic E-state index is 5.96. The van der Waals surface area contributed by atoms with Crippen molar-refractivity contribution >= 4 is 0 Å². The van der Waals surface area contributed by atoms with Crippen molar-refractivity contribution < 1.29 is 9.47 Å². The zero-order valence-corrected chi connectivity index (χ0v) is 14.1. The summed E-state index contributed by atoms with van der Waals surface area (Å²) in [7, 11) is 2.14. The van der Waals surface area contributed by atoms with Gasteiger partial charge < -0.3 is 19.7 Å². The van der Waals surface area contributed by atoms with Gasteiger partial charge in [-0.1, -0.05) is 24.3 Å². The average molecular weight is 327 g/mol. The molecule has 5 heteroatoms. The molecule has 3 rings (SSSR count). The lowest BCUT2D eigenvalue weighted by Crippen LogP contribution is -2.44. The molecule has 1 aliphatic rings. The van der Waals surface area contributed by atoms with Gasteiger partial charge in [0, 0.05) is 49.7 Å². The van der Waals surface area contributed by atoms with Crippen LogP contribution >= 0.6 is 0 Å². The largest absolute Gasteiger partial charge is 0.489 e. The lowest BCUT2D eigenvalue weighted by atomic mass is 10.2. The van der Waals surface area contributed by atoms with Gasteiger partial charge in [-0.15, -0.1) is 0 Å². The van der Waals surface area contributed by atoms with Crippen molar-refractivity contribution in [2.75, 3.05) is 33.3 Å². The van der Waals surface area contributed by atoms with E-state index in [1.54, 1.807) is 6.20 Å². The Kier molecular flexibility index (Phi) is 6.18. The number of para-hydroxylation sites is 1. The number of aromatic nitrogens is 1. The highest BCUT2D eigenvalue weighted by Gasteiger charge is 2.17. The lowest BCUT2D eigenvalue weighted by Gasteiger charge is -2.30. The predicted molar refractivity (Wildman–Crippen MR) is 94.0 cm³/mol. The van der Waals surface area contributed by atoms with Crippen molar-refractivity contribution in [2.24, 2.45) is 0 Å². The summed E-state index contributed by atoms with van der Waals surface area (Å²) in [5.74, 6) is 0.913. The maximum Gasteiger partial charge on any atom is 0.124 e. The number of nitrogens with zero attached hydrogens (tertiary/aromatic N) is 2. The zero-order valence-electron chi connectivity index (χ0n) is 14.1. The van der Waals surface area contributed by atoms with Crippen molar-refractivity contribution in [1.82, 2.24) is 15.2 Å². The Bertz CT molecular complexity index is 621. The van der Waals surface area contributed by atoms with Crippen LogP contribution in [0, 0.1) is 0 Å².